The van der Waals surface area contributed by atoms with Crippen LogP contribution in [-0.2, 0) is 20.9 Å². The fourth-order valence-corrected chi connectivity index (χ4v) is 10.3. The summed E-state index contributed by atoms with van der Waals surface area (Å²) in [7, 11) is 2.02. The van der Waals surface area contributed by atoms with Crippen molar-refractivity contribution in [2.45, 2.75) is 76.5 Å². The molecule has 5 aliphatic rings. The summed E-state index contributed by atoms with van der Waals surface area (Å²) in [5.74, 6) is -1.99. The van der Waals surface area contributed by atoms with Crippen LogP contribution < -0.4 is 19.9 Å². The number of aryl methyl sites for hydroxylation is 1. The van der Waals surface area contributed by atoms with Gasteiger partial charge in [-0.15, -0.1) is 10.2 Å². The van der Waals surface area contributed by atoms with Crippen molar-refractivity contribution in [3.05, 3.63) is 76.1 Å². The lowest BCUT2D eigenvalue weighted by Crippen LogP contribution is -2.60. The fraction of sp³-hybridized carbons (Fsp3) is 0.444. The van der Waals surface area contributed by atoms with Gasteiger partial charge in [0.2, 0.25) is 5.91 Å². The van der Waals surface area contributed by atoms with E-state index in [4.69, 9.17) is 16.3 Å². The Labute approximate surface area is 373 Å². The number of aromatic nitrogens is 3. The van der Waals surface area contributed by atoms with Crippen LogP contribution in [0.4, 0.5) is 11.5 Å². The van der Waals surface area contributed by atoms with Crippen LogP contribution in [0.3, 0.4) is 0 Å². The molecule has 1 atom stereocenters. The minimum atomic E-state index is -1.19. The van der Waals surface area contributed by atoms with E-state index in [0.29, 0.717) is 64.1 Å². The molecule has 2 N–H and O–H groups in total. The van der Waals surface area contributed by atoms with E-state index in [2.05, 4.69) is 31.4 Å². The highest BCUT2D eigenvalue weighted by Gasteiger charge is 2.51. The maximum Gasteiger partial charge on any atom is 0.278 e. The van der Waals surface area contributed by atoms with Gasteiger partial charge in [-0.05, 0) is 87.9 Å². The zero-order valence-corrected chi connectivity index (χ0v) is 36.2. The van der Waals surface area contributed by atoms with Crippen molar-refractivity contribution in [1.29, 1.82) is 5.26 Å². The number of likely N-dealkylation sites (tertiary alicyclic amines) is 2. The Hall–Kier alpha value is -6.58. The van der Waals surface area contributed by atoms with E-state index in [1.807, 2.05) is 32.2 Å². The summed E-state index contributed by atoms with van der Waals surface area (Å²) in [5, 5.41) is 31.5. The van der Waals surface area contributed by atoms with Crippen molar-refractivity contribution >= 4 is 69.5 Å². The number of rotatable bonds is 11. The van der Waals surface area contributed by atoms with E-state index >= 15 is 0 Å². The highest BCUT2D eigenvalue weighted by Crippen LogP contribution is 2.41. The first-order valence-electron chi connectivity index (χ1n) is 21.6. The molecule has 332 valence electrons. The number of halogens is 1. The Balaban J connectivity index is 0.746. The highest BCUT2D eigenvalue weighted by atomic mass is 35.5. The monoisotopic (exact) mass is 890 g/mol. The Kier molecular flexibility index (Phi) is 11.2. The third-order valence-corrected chi connectivity index (χ3v) is 13.9. The number of anilines is 2. The van der Waals surface area contributed by atoms with Crippen molar-refractivity contribution in [3.63, 3.8) is 0 Å². The Bertz CT molecular complexity index is 2630. The normalized spacial score (nSPS) is 21.6. The minimum absolute atomic E-state index is 0.0180. The number of aliphatic hydroxyl groups is 1. The van der Waals surface area contributed by atoms with Crippen LogP contribution in [0, 0.1) is 16.7 Å². The summed E-state index contributed by atoms with van der Waals surface area (Å²) in [6.45, 7) is 3.70. The van der Waals surface area contributed by atoms with Gasteiger partial charge in [0, 0.05) is 80.8 Å². The standard InChI is InChI=1S/C45H47ClN10O8/c1-3-54-35-19-30(10-11-31(35)39-40(54)44(63)56(43(39)62)34-13-15-37(58)55(25-57)42(34)61)64-21-38(59)53-23-45(24-53)16-17-52(22-45)36-14-12-33(49-50-36)41(60)48-27-5-8-28(9-6-27)51(2)29-7-4-26(20-47)32(46)18-29/h4,7,10-12,14,18-19,27-28,34,57H,3,5-6,8-9,13,15-17,21-25H2,1-2H3,(H,48,60). The summed E-state index contributed by atoms with van der Waals surface area (Å²) in [4.78, 5) is 86.6. The highest BCUT2D eigenvalue weighted by molar-refractivity contribution is 6.32. The number of hydrogen-bond acceptors (Lipinski definition) is 13. The van der Waals surface area contributed by atoms with Crippen molar-refractivity contribution in [1.82, 2.24) is 34.8 Å². The predicted molar refractivity (Wildman–Crippen MR) is 232 cm³/mol. The number of imide groups is 2. The number of nitrogens with zero attached hydrogens (tertiary/aromatic N) is 9. The second-order valence-electron chi connectivity index (χ2n) is 17.3. The van der Waals surface area contributed by atoms with Crippen molar-refractivity contribution in [2.75, 3.05) is 56.4 Å². The summed E-state index contributed by atoms with van der Waals surface area (Å²) in [6.07, 6.45) is 4.19. The molecule has 0 radical (unpaired) electrons. The summed E-state index contributed by atoms with van der Waals surface area (Å²) in [5.41, 5.74) is 2.45. The summed E-state index contributed by atoms with van der Waals surface area (Å²) >= 11 is 6.26. The van der Waals surface area contributed by atoms with Crippen molar-refractivity contribution in [2.24, 2.45) is 5.41 Å². The number of ether oxygens (including phenoxy) is 1. The molecule has 4 aliphatic heterocycles. The van der Waals surface area contributed by atoms with Gasteiger partial charge in [0.1, 0.15) is 30.3 Å². The zero-order valence-electron chi connectivity index (χ0n) is 35.5. The summed E-state index contributed by atoms with van der Waals surface area (Å²) < 4.78 is 7.63. The second-order valence-corrected chi connectivity index (χ2v) is 17.7. The molecule has 64 heavy (non-hydrogen) atoms. The van der Waals surface area contributed by atoms with Gasteiger partial charge in [0.25, 0.3) is 29.5 Å². The number of amides is 6. The smallest absolute Gasteiger partial charge is 0.278 e. The van der Waals surface area contributed by atoms with Crippen LogP contribution in [0.1, 0.15) is 88.8 Å². The molecule has 1 spiro atoms. The number of nitriles is 1. The minimum Gasteiger partial charge on any atom is -0.484 e. The average Bonchev–Trinajstić information content (AvgIpc) is 3.96. The van der Waals surface area contributed by atoms with Crippen LogP contribution in [-0.4, -0.2) is 135 Å². The molecule has 2 aromatic carbocycles. The number of hydrogen-bond donors (Lipinski definition) is 2. The molecule has 19 heteroatoms. The van der Waals surface area contributed by atoms with E-state index in [1.165, 1.54) is 0 Å². The molecule has 6 heterocycles. The Morgan fingerprint density at radius 3 is 2.47 bits per heavy atom. The van der Waals surface area contributed by atoms with Gasteiger partial charge in [-0.2, -0.15) is 5.26 Å². The Morgan fingerprint density at radius 1 is 1.00 bits per heavy atom. The van der Waals surface area contributed by atoms with Gasteiger partial charge in [0.05, 0.1) is 21.7 Å². The Morgan fingerprint density at radius 2 is 1.78 bits per heavy atom. The van der Waals surface area contributed by atoms with Gasteiger partial charge >= 0.3 is 0 Å². The predicted octanol–water partition coefficient (Wildman–Crippen LogP) is 3.33. The summed E-state index contributed by atoms with van der Waals surface area (Å²) in [6, 6.07) is 15.2. The molecule has 2 aromatic heterocycles. The van der Waals surface area contributed by atoms with E-state index in [9.17, 15) is 39.1 Å². The van der Waals surface area contributed by atoms with E-state index < -0.39 is 36.4 Å². The number of fused-ring (bicyclic) bond motifs is 3. The van der Waals surface area contributed by atoms with Gasteiger partial charge in [-0.3, -0.25) is 38.6 Å². The second kappa shape index (κ2) is 16.8. The molecular formula is C45H47ClN10O8. The van der Waals surface area contributed by atoms with E-state index in [-0.39, 0.29) is 65.7 Å². The van der Waals surface area contributed by atoms with Crippen LogP contribution in [0.25, 0.3) is 10.9 Å². The molecule has 4 aromatic rings. The van der Waals surface area contributed by atoms with Crippen LogP contribution in [0.2, 0.25) is 5.02 Å². The molecule has 4 fully saturated rings. The topological polar surface area (TPSA) is 215 Å². The number of benzene rings is 2. The molecule has 1 aliphatic carbocycles. The largest absolute Gasteiger partial charge is 0.484 e. The van der Waals surface area contributed by atoms with Gasteiger partial charge in [-0.1, -0.05) is 11.6 Å². The van der Waals surface area contributed by atoms with Crippen molar-refractivity contribution in [3.8, 4) is 11.8 Å². The molecule has 0 bridgehead atoms. The number of piperidine rings is 1. The lowest BCUT2D eigenvalue weighted by molar-refractivity contribution is -0.156. The maximum atomic E-state index is 13.7. The first-order valence-corrected chi connectivity index (χ1v) is 21.9. The molecule has 1 unspecified atom stereocenters. The third-order valence-electron chi connectivity index (χ3n) is 13.6. The molecule has 3 saturated heterocycles. The zero-order chi connectivity index (χ0) is 45.0. The maximum absolute atomic E-state index is 13.7. The van der Waals surface area contributed by atoms with Crippen molar-refractivity contribution < 1.29 is 38.6 Å². The van der Waals surface area contributed by atoms with E-state index in [0.717, 1.165) is 49.2 Å². The lowest BCUT2D eigenvalue weighted by atomic mass is 9.79. The average molecular weight is 891 g/mol. The SMILES string of the molecule is CCn1c2c(c3ccc(OCC(=O)N4CC5(CCN(c6ccc(C(=O)NC7CCC(N(C)c8ccc(C#N)c(Cl)c8)CC7)nn6)C5)C4)cc31)C(=O)N(C1CCC(=O)N(CO)C1=O)C2=O. The number of carbonyl (C=O) groups excluding carboxylic acids is 6. The molecule has 1 saturated carbocycles. The number of nitrogens with one attached hydrogen (secondary N) is 1. The fourth-order valence-electron chi connectivity index (χ4n) is 10.1. The first-order chi connectivity index (χ1) is 30.8. The molecular weight excluding hydrogens is 844 g/mol. The van der Waals surface area contributed by atoms with Crippen LogP contribution in [0.5, 0.6) is 5.75 Å². The quantitative estimate of drug-likeness (QED) is 0.207. The van der Waals surface area contributed by atoms with Crippen LogP contribution in [0.15, 0.2) is 48.5 Å². The molecule has 9 rings (SSSR count). The van der Waals surface area contributed by atoms with E-state index in [1.54, 1.807) is 39.8 Å². The van der Waals surface area contributed by atoms with Gasteiger partial charge < -0.3 is 34.4 Å². The van der Waals surface area contributed by atoms with Gasteiger partial charge in [0.15, 0.2) is 18.1 Å². The number of aliphatic hydroxyl groups excluding tert-OH is 1. The third kappa shape index (κ3) is 7.45. The molecule has 18 nitrogen and oxygen atoms in total. The van der Waals surface area contributed by atoms with Gasteiger partial charge in [-0.25, -0.2) is 0 Å². The first kappa shape index (κ1) is 42.7. The van der Waals surface area contributed by atoms with Crippen LogP contribution >= 0.6 is 11.6 Å². The lowest BCUT2D eigenvalue weighted by Gasteiger charge is -2.47. The molecule has 6 amide bonds. The number of carbonyl (C=O) groups is 6.